The van der Waals surface area contributed by atoms with Crippen LogP contribution in [0.4, 0.5) is 0 Å². The van der Waals surface area contributed by atoms with E-state index in [9.17, 15) is 0 Å². The minimum atomic E-state index is 0.101. The number of aliphatic hydroxyl groups is 2. The monoisotopic (exact) mass is 330 g/mol. The van der Waals surface area contributed by atoms with E-state index in [0.29, 0.717) is 39.3 Å². The fourth-order valence-electron chi connectivity index (χ4n) is 2.07. The lowest BCUT2D eigenvalue weighted by Gasteiger charge is -2.18. The van der Waals surface area contributed by atoms with Gasteiger partial charge in [0.05, 0.1) is 12.2 Å². The fourth-order valence-corrected chi connectivity index (χ4v) is 2.07. The van der Waals surface area contributed by atoms with Crippen LogP contribution in [0, 0.1) is 0 Å². The Morgan fingerprint density at radius 1 is 0.739 bits per heavy atom. The molecular weight excluding hydrogens is 296 g/mol. The molecule has 0 rings (SSSR count). The third kappa shape index (κ3) is 14.6. The molecular formula is C18H34O5. The topological polar surface area (TPSA) is 68.2 Å². The van der Waals surface area contributed by atoms with Crippen LogP contribution in [0.3, 0.4) is 0 Å². The second-order valence-electron chi connectivity index (χ2n) is 5.38. The van der Waals surface area contributed by atoms with Gasteiger partial charge in [-0.1, -0.05) is 12.2 Å². The minimum absolute atomic E-state index is 0.101. The molecule has 0 aliphatic carbocycles. The zero-order valence-electron chi connectivity index (χ0n) is 14.3. The molecule has 0 amide bonds. The molecule has 136 valence electrons. The third-order valence-electron chi connectivity index (χ3n) is 3.34. The van der Waals surface area contributed by atoms with Gasteiger partial charge in [-0.2, -0.15) is 0 Å². The largest absolute Gasteiger partial charge is 0.396 e. The van der Waals surface area contributed by atoms with E-state index in [1.54, 1.807) is 0 Å². The van der Waals surface area contributed by atoms with Crippen LogP contribution in [0.2, 0.25) is 0 Å². The van der Waals surface area contributed by atoms with E-state index in [1.807, 2.05) is 12.2 Å². The second-order valence-corrected chi connectivity index (χ2v) is 5.38. The zero-order chi connectivity index (χ0) is 17.2. The van der Waals surface area contributed by atoms with Crippen molar-refractivity contribution in [3.05, 3.63) is 25.3 Å². The number of hydrogen-bond acceptors (Lipinski definition) is 5. The van der Waals surface area contributed by atoms with E-state index >= 15 is 0 Å². The molecule has 2 unspecified atom stereocenters. The lowest BCUT2D eigenvalue weighted by atomic mass is 10.2. The van der Waals surface area contributed by atoms with Crippen molar-refractivity contribution in [2.24, 2.45) is 0 Å². The highest BCUT2D eigenvalue weighted by Crippen LogP contribution is 2.08. The predicted molar refractivity (Wildman–Crippen MR) is 92.6 cm³/mol. The summed E-state index contributed by atoms with van der Waals surface area (Å²) < 4.78 is 17.0. The first-order chi connectivity index (χ1) is 11.3. The fraction of sp³-hybridized carbons (Fsp3) is 0.778. The molecule has 0 saturated carbocycles. The average molecular weight is 330 g/mol. The van der Waals surface area contributed by atoms with Crippen LogP contribution in [0.5, 0.6) is 0 Å². The Bertz CT molecular complexity index is 244. The predicted octanol–water partition coefficient (Wildman–Crippen LogP) is 2.47. The molecule has 0 aliphatic heterocycles. The molecule has 0 fully saturated rings. The van der Waals surface area contributed by atoms with Crippen molar-refractivity contribution in [1.82, 2.24) is 0 Å². The quantitative estimate of drug-likeness (QED) is 0.298. The number of aliphatic hydroxyl groups excluding tert-OH is 2. The summed E-state index contributed by atoms with van der Waals surface area (Å²) in [6, 6.07) is 0. The molecule has 5 heteroatoms. The van der Waals surface area contributed by atoms with Crippen molar-refractivity contribution in [2.75, 3.05) is 39.6 Å². The van der Waals surface area contributed by atoms with Crippen LogP contribution < -0.4 is 0 Å². The minimum Gasteiger partial charge on any atom is -0.396 e. The van der Waals surface area contributed by atoms with Gasteiger partial charge in [0.15, 0.2) is 0 Å². The van der Waals surface area contributed by atoms with Gasteiger partial charge >= 0.3 is 0 Å². The molecule has 0 radical (unpaired) electrons. The van der Waals surface area contributed by atoms with Crippen molar-refractivity contribution in [3.8, 4) is 0 Å². The highest BCUT2D eigenvalue weighted by Gasteiger charge is 2.09. The lowest BCUT2D eigenvalue weighted by molar-refractivity contribution is -0.000773. The first-order valence-electron chi connectivity index (χ1n) is 8.52. The van der Waals surface area contributed by atoms with E-state index in [1.165, 1.54) is 0 Å². The van der Waals surface area contributed by atoms with Gasteiger partial charge in [-0.25, -0.2) is 0 Å². The van der Waals surface area contributed by atoms with Gasteiger partial charge in [-0.05, 0) is 38.5 Å². The van der Waals surface area contributed by atoms with E-state index in [2.05, 4.69) is 13.2 Å². The molecule has 0 aliphatic rings. The maximum absolute atomic E-state index is 8.77. The third-order valence-corrected chi connectivity index (χ3v) is 3.34. The van der Waals surface area contributed by atoms with Crippen LogP contribution in [0.1, 0.15) is 38.5 Å². The van der Waals surface area contributed by atoms with Crippen molar-refractivity contribution in [3.63, 3.8) is 0 Å². The molecule has 0 spiro atoms. The van der Waals surface area contributed by atoms with E-state index in [4.69, 9.17) is 24.4 Å². The SMILES string of the molecule is C=CCC(CCOCCC(CC=C)OCCCO)OCCCO. The van der Waals surface area contributed by atoms with E-state index in [-0.39, 0.29) is 25.4 Å². The first kappa shape index (κ1) is 22.3. The van der Waals surface area contributed by atoms with Crippen LogP contribution in [-0.4, -0.2) is 62.1 Å². The Labute approximate surface area is 140 Å². The summed E-state index contributed by atoms with van der Waals surface area (Å²) in [5, 5.41) is 17.5. The van der Waals surface area contributed by atoms with Gasteiger partial charge in [0.2, 0.25) is 0 Å². The van der Waals surface area contributed by atoms with Crippen LogP contribution in [0.15, 0.2) is 25.3 Å². The molecule has 0 aromatic heterocycles. The summed E-state index contributed by atoms with van der Waals surface area (Å²) in [4.78, 5) is 0. The molecule has 23 heavy (non-hydrogen) atoms. The summed E-state index contributed by atoms with van der Waals surface area (Å²) in [6.45, 7) is 10.2. The van der Waals surface area contributed by atoms with Crippen molar-refractivity contribution >= 4 is 0 Å². The average Bonchev–Trinajstić information content (AvgIpc) is 2.54. The van der Waals surface area contributed by atoms with Crippen molar-refractivity contribution in [2.45, 2.75) is 50.7 Å². The van der Waals surface area contributed by atoms with Crippen LogP contribution in [-0.2, 0) is 14.2 Å². The van der Waals surface area contributed by atoms with Gasteiger partial charge in [-0.15, -0.1) is 13.2 Å². The normalized spacial score (nSPS) is 13.7. The molecule has 0 heterocycles. The molecule has 0 aromatic carbocycles. The van der Waals surface area contributed by atoms with E-state index < -0.39 is 0 Å². The van der Waals surface area contributed by atoms with Gasteiger partial charge < -0.3 is 24.4 Å². The molecule has 0 saturated heterocycles. The maximum Gasteiger partial charge on any atom is 0.0631 e. The summed E-state index contributed by atoms with van der Waals surface area (Å²) in [6.07, 6.45) is 8.41. The summed E-state index contributed by atoms with van der Waals surface area (Å²) in [5.41, 5.74) is 0. The van der Waals surface area contributed by atoms with Crippen molar-refractivity contribution < 1.29 is 24.4 Å². The Balaban J connectivity index is 3.78. The Hall–Kier alpha value is -0.720. The maximum atomic E-state index is 8.77. The van der Waals surface area contributed by atoms with Gasteiger partial charge in [0, 0.05) is 39.6 Å². The lowest BCUT2D eigenvalue weighted by Crippen LogP contribution is -2.19. The molecule has 5 nitrogen and oxygen atoms in total. The van der Waals surface area contributed by atoms with Crippen LogP contribution >= 0.6 is 0 Å². The molecule has 2 N–H and O–H groups in total. The first-order valence-corrected chi connectivity index (χ1v) is 8.52. The van der Waals surface area contributed by atoms with Gasteiger partial charge in [0.25, 0.3) is 0 Å². The second kappa shape index (κ2) is 17.6. The molecule has 0 aromatic rings. The number of ether oxygens (including phenoxy) is 3. The Morgan fingerprint density at radius 3 is 1.52 bits per heavy atom. The Kier molecular flexibility index (Phi) is 17.1. The highest BCUT2D eigenvalue weighted by atomic mass is 16.5. The number of hydrogen-bond donors (Lipinski definition) is 2. The zero-order valence-corrected chi connectivity index (χ0v) is 14.3. The highest BCUT2D eigenvalue weighted by molar-refractivity contribution is 4.74. The molecule has 2 atom stereocenters. The van der Waals surface area contributed by atoms with Gasteiger partial charge in [-0.3, -0.25) is 0 Å². The summed E-state index contributed by atoms with van der Waals surface area (Å²) in [5.74, 6) is 0. The molecule has 0 bridgehead atoms. The number of rotatable bonds is 18. The summed E-state index contributed by atoms with van der Waals surface area (Å²) >= 11 is 0. The summed E-state index contributed by atoms with van der Waals surface area (Å²) in [7, 11) is 0. The van der Waals surface area contributed by atoms with Crippen molar-refractivity contribution in [1.29, 1.82) is 0 Å². The van der Waals surface area contributed by atoms with E-state index in [0.717, 1.165) is 25.7 Å². The van der Waals surface area contributed by atoms with Gasteiger partial charge in [0.1, 0.15) is 0 Å². The Morgan fingerprint density at radius 2 is 1.17 bits per heavy atom. The standard InChI is InChI=1S/C18H34O5/c1-3-7-17(22-13-5-11-19)9-15-21-16-10-18(8-4-2)23-14-6-12-20/h3-4,17-20H,1-2,5-16H2. The van der Waals surface area contributed by atoms with Crippen LogP contribution in [0.25, 0.3) is 0 Å². The smallest absolute Gasteiger partial charge is 0.0631 e.